The first kappa shape index (κ1) is 20.6. The van der Waals surface area contributed by atoms with E-state index < -0.39 is 4.92 Å². The van der Waals surface area contributed by atoms with Crippen LogP contribution in [-0.2, 0) is 0 Å². The van der Waals surface area contributed by atoms with Gasteiger partial charge < -0.3 is 19.9 Å². The Hall–Kier alpha value is -4.10. The van der Waals surface area contributed by atoms with E-state index in [1.165, 1.54) is 56.0 Å². The van der Waals surface area contributed by atoms with Crippen LogP contribution in [0.5, 0.6) is 17.2 Å². The van der Waals surface area contributed by atoms with Crippen LogP contribution in [0.4, 0.5) is 11.4 Å². The number of anilines is 1. The van der Waals surface area contributed by atoms with Gasteiger partial charge in [-0.15, -0.1) is 11.3 Å². The SMILES string of the molecule is COc1cc(-c2csc(/C(C#N)=C/Nc3ccc([N+](=O)[O-])cc3OC)n2)ccc1O. The number of nitrogens with one attached hydrogen (secondary N) is 1. The predicted molar refractivity (Wildman–Crippen MR) is 113 cm³/mol. The van der Waals surface area contributed by atoms with Crippen molar-refractivity contribution in [3.63, 3.8) is 0 Å². The first-order valence-electron chi connectivity index (χ1n) is 8.49. The molecular formula is C20H16N4O5S. The summed E-state index contributed by atoms with van der Waals surface area (Å²) < 4.78 is 10.3. The standard InChI is InChI=1S/C20H16N4O5S/c1-28-18-8-14(24(26)27)4-5-15(18)22-10-13(9-21)20-23-16(11-30-20)12-3-6-17(25)19(7-12)29-2/h3-8,10-11,22,25H,1-2H3/b13-10+. The van der Waals surface area contributed by atoms with Gasteiger partial charge >= 0.3 is 0 Å². The Bertz CT molecular complexity index is 1170. The molecule has 0 atom stereocenters. The minimum Gasteiger partial charge on any atom is -0.504 e. The smallest absolute Gasteiger partial charge is 0.273 e. The fourth-order valence-electron chi connectivity index (χ4n) is 2.57. The molecule has 0 radical (unpaired) electrons. The van der Waals surface area contributed by atoms with Crippen molar-refractivity contribution in [1.82, 2.24) is 4.98 Å². The minimum atomic E-state index is -0.516. The number of phenolic OH excluding ortho intramolecular Hbond substituents is 1. The van der Waals surface area contributed by atoms with Crippen molar-refractivity contribution in [2.45, 2.75) is 0 Å². The van der Waals surface area contributed by atoms with Crippen molar-refractivity contribution in [1.29, 1.82) is 5.26 Å². The second-order valence-electron chi connectivity index (χ2n) is 5.88. The zero-order valence-corrected chi connectivity index (χ0v) is 16.8. The van der Waals surface area contributed by atoms with E-state index in [0.717, 1.165) is 5.56 Å². The zero-order valence-electron chi connectivity index (χ0n) is 15.9. The second-order valence-corrected chi connectivity index (χ2v) is 6.74. The van der Waals surface area contributed by atoms with E-state index in [9.17, 15) is 20.5 Å². The number of phenols is 1. The molecule has 0 bridgehead atoms. The molecule has 10 heteroatoms. The molecule has 0 saturated heterocycles. The topological polar surface area (TPSA) is 131 Å². The number of benzene rings is 2. The molecule has 30 heavy (non-hydrogen) atoms. The highest BCUT2D eigenvalue weighted by molar-refractivity contribution is 7.11. The van der Waals surface area contributed by atoms with Crippen LogP contribution in [0.15, 0.2) is 48.0 Å². The molecule has 0 aliphatic rings. The summed E-state index contributed by atoms with van der Waals surface area (Å²) >= 11 is 1.28. The Morgan fingerprint density at radius 1 is 1.27 bits per heavy atom. The average Bonchev–Trinajstić information content (AvgIpc) is 3.24. The van der Waals surface area contributed by atoms with E-state index in [4.69, 9.17) is 9.47 Å². The van der Waals surface area contributed by atoms with E-state index >= 15 is 0 Å². The molecule has 0 unspecified atom stereocenters. The maximum Gasteiger partial charge on any atom is 0.273 e. The Morgan fingerprint density at radius 2 is 2.03 bits per heavy atom. The largest absolute Gasteiger partial charge is 0.504 e. The number of nitro benzene ring substituents is 1. The van der Waals surface area contributed by atoms with Crippen molar-refractivity contribution < 1.29 is 19.5 Å². The molecule has 2 aromatic carbocycles. The van der Waals surface area contributed by atoms with Gasteiger partial charge in [-0.1, -0.05) is 0 Å². The van der Waals surface area contributed by atoms with Crippen molar-refractivity contribution >= 4 is 28.3 Å². The number of methoxy groups -OCH3 is 2. The number of thiazole rings is 1. The highest BCUT2D eigenvalue weighted by Crippen LogP contribution is 2.33. The summed E-state index contributed by atoms with van der Waals surface area (Å²) in [7, 11) is 2.86. The highest BCUT2D eigenvalue weighted by Gasteiger charge is 2.13. The Balaban J connectivity index is 1.86. The van der Waals surface area contributed by atoms with E-state index in [1.807, 2.05) is 0 Å². The molecule has 3 aromatic rings. The number of allylic oxidation sites excluding steroid dienone is 1. The van der Waals surface area contributed by atoms with E-state index in [0.29, 0.717) is 22.1 Å². The Labute approximate surface area is 175 Å². The van der Waals surface area contributed by atoms with Crippen molar-refractivity contribution in [3.8, 4) is 34.6 Å². The van der Waals surface area contributed by atoms with Crippen LogP contribution >= 0.6 is 11.3 Å². The summed E-state index contributed by atoms with van der Waals surface area (Å²) in [5, 5.41) is 35.4. The summed E-state index contributed by atoms with van der Waals surface area (Å²) in [6.07, 6.45) is 1.46. The number of hydrogen-bond donors (Lipinski definition) is 2. The van der Waals surface area contributed by atoms with Crippen LogP contribution in [0.1, 0.15) is 5.01 Å². The van der Waals surface area contributed by atoms with Gasteiger partial charge in [0.05, 0.1) is 36.6 Å². The first-order valence-corrected chi connectivity index (χ1v) is 9.37. The quantitative estimate of drug-likeness (QED) is 0.324. The number of ether oxygens (including phenoxy) is 2. The van der Waals surface area contributed by atoms with Crippen molar-refractivity contribution in [2.24, 2.45) is 0 Å². The number of rotatable bonds is 7. The van der Waals surface area contributed by atoms with Gasteiger partial charge in [0.1, 0.15) is 22.4 Å². The van der Waals surface area contributed by atoms with Crippen molar-refractivity contribution in [3.05, 3.63) is 63.1 Å². The summed E-state index contributed by atoms with van der Waals surface area (Å²) in [6.45, 7) is 0. The van der Waals surface area contributed by atoms with Crippen LogP contribution < -0.4 is 14.8 Å². The molecule has 9 nitrogen and oxygen atoms in total. The molecule has 1 heterocycles. The predicted octanol–water partition coefficient (Wildman–Crippen LogP) is 4.42. The van der Waals surface area contributed by atoms with E-state index in [1.54, 1.807) is 17.5 Å². The molecule has 2 N–H and O–H groups in total. The minimum absolute atomic E-state index is 0.0237. The van der Waals surface area contributed by atoms with Crippen molar-refractivity contribution in [2.75, 3.05) is 19.5 Å². The maximum absolute atomic E-state index is 10.9. The van der Waals surface area contributed by atoms with Gasteiger partial charge in [0.2, 0.25) is 0 Å². The summed E-state index contributed by atoms with van der Waals surface area (Å²) in [5.74, 6) is 0.620. The Morgan fingerprint density at radius 3 is 2.70 bits per heavy atom. The first-order chi connectivity index (χ1) is 14.5. The molecule has 1 aromatic heterocycles. The van der Waals surface area contributed by atoms with Crippen LogP contribution in [-0.4, -0.2) is 29.2 Å². The summed E-state index contributed by atoms with van der Waals surface area (Å²) in [4.78, 5) is 14.9. The fraction of sp³-hybridized carbons (Fsp3) is 0.100. The molecule has 152 valence electrons. The number of nitro groups is 1. The number of aromatic hydroxyl groups is 1. The van der Waals surface area contributed by atoms with Crippen LogP contribution in [0.3, 0.4) is 0 Å². The fourth-order valence-corrected chi connectivity index (χ4v) is 3.37. The lowest BCUT2D eigenvalue weighted by molar-refractivity contribution is -0.384. The lowest BCUT2D eigenvalue weighted by Gasteiger charge is -2.08. The molecule has 0 fully saturated rings. The second kappa shape index (κ2) is 8.93. The third-order valence-corrected chi connectivity index (χ3v) is 4.97. The molecular weight excluding hydrogens is 408 g/mol. The molecule has 3 rings (SSSR count). The van der Waals surface area contributed by atoms with Gasteiger partial charge in [0.15, 0.2) is 11.5 Å². The Kier molecular flexibility index (Phi) is 6.14. The van der Waals surface area contributed by atoms with E-state index in [-0.39, 0.29) is 22.8 Å². The normalized spacial score (nSPS) is 10.9. The van der Waals surface area contributed by atoms with Gasteiger partial charge in [-0.2, -0.15) is 5.26 Å². The maximum atomic E-state index is 10.9. The van der Waals surface area contributed by atoms with Gasteiger partial charge in [-0.3, -0.25) is 10.1 Å². The third-order valence-electron chi connectivity index (χ3n) is 4.10. The number of nitriles is 1. The van der Waals surface area contributed by atoms with Crippen LogP contribution in [0.2, 0.25) is 0 Å². The molecule has 0 saturated carbocycles. The lowest BCUT2D eigenvalue weighted by Crippen LogP contribution is -1.96. The van der Waals surface area contributed by atoms with Gasteiger partial charge in [-0.05, 0) is 24.3 Å². The highest BCUT2D eigenvalue weighted by atomic mass is 32.1. The van der Waals surface area contributed by atoms with Gasteiger partial charge in [0, 0.05) is 23.2 Å². The zero-order chi connectivity index (χ0) is 21.7. The lowest BCUT2D eigenvalue weighted by atomic mass is 10.1. The van der Waals surface area contributed by atoms with Crippen LogP contribution in [0.25, 0.3) is 16.8 Å². The van der Waals surface area contributed by atoms with E-state index in [2.05, 4.69) is 16.4 Å². The molecule has 0 spiro atoms. The van der Waals surface area contributed by atoms with Crippen LogP contribution in [0, 0.1) is 21.4 Å². The number of aromatic nitrogens is 1. The number of hydrogen-bond acceptors (Lipinski definition) is 9. The summed E-state index contributed by atoms with van der Waals surface area (Å²) in [5.41, 5.74) is 2.00. The molecule has 0 amide bonds. The third kappa shape index (κ3) is 4.31. The molecule has 0 aliphatic carbocycles. The van der Waals surface area contributed by atoms with Gasteiger partial charge in [0.25, 0.3) is 5.69 Å². The molecule has 0 aliphatic heterocycles. The van der Waals surface area contributed by atoms with Gasteiger partial charge in [-0.25, -0.2) is 4.98 Å². The monoisotopic (exact) mass is 424 g/mol. The average molecular weight is 424 g/mol. The number of non-ortho nitro benzene ring substituents is 1. The number of nitrogens with zero attached hydrogens (tertiary/aromatic N) is 3. The summed E-state index contributed by atoms with van der Waals surface area (Å²) in [6, 6.07) is 11.1.